The Morgan fingerprint density at radius 1 is 1.04 bits per heavy atom. The molecule has 0 saturated carbocycles. The lowest BCUT2D eigenvalue weighted by Gasteiger charge is -2.15. The zero-order valence-electron chi connectivity index (χ0n) is 11.3. The van der Waals surface area contributed by atoms with Gasteiger partial charge in [-0.25, -0.2) is 9.97 Å². The summed E-state index contributed by atoms with van der Waals surface area (Å²) in [5.74, 6) is -0.478. The van der Waals surface area contributed by atoms with Crippen LogP contribution in [0.1, 0.15) is 11.3 Å². The van der Waals surface area contributed by atoms with Gasteiger partial charge in [0.15, 0.2) is 0 Å². The summed E-state index contributed by atoms with van der Waals surface area (Å²) in [4.78, 5) is 6.81. The molecule has 23 heavy (non-hydrogen) atoms. The SMILES string of the molecule is Nc1cccc(Nc2nccc(C(F)(F)F)n2)c1CC(F)(F)F. The molecular weight excluding hydrogens is 326 g/mol. The molecule has 3 N–H and O–H groups in total. The van der Waals surface area contributed by atoms with Crippen LogP contribution in [-0.4, -0.2) is 16.1 Å². The van der Waals surface area contributed by atoms with E-state index >= 15 is 0 Å². The average Bonchev–Trinajstić information content (AvgIpc) is 2.41. The number of halogens is 6. The minimum Gasteiger partial charge on any atom is -0.398 e. The van der Waals surface area contributed by atoms with Crippen molar-refractivity contribution in [3.63, 3.8) is 0 Å². The molecular formula is C13H10F6N4. The lowest BCUT2D eigenvalue weighted by atomic mass is 10.1. The van der Waals surface area contributed by atoms with Crippen molar-refractivity contribution in [2.24, 2.45) is 0 Å². The van der Waals surface area contributed by atoms with Crippen LogP contribution >= 0.6 is 0 Å². The van der Waals surface area contributed by atoms with Gasteiger partial charge in [-0.15, -0.1) is 0 Å². The van der Waals surface area contributed by atoms with Gasteiger partial charge in [-0.3, -0.25) is 0 Å². The first-order chi connectivity index (χ1) is 10.6. The predicted octanol–water partition coefficient (Wildman–Crippen LogP) is 3.93. The molecule has 2 aromatic rings. The van der Waals surface area contributed by atoms with Crippen molar-refractivity contribution >= 4 is 17.3 Å². The van der Waals surface area contributed by atoms with Gasteiger partial charge in [-0.2, -0.15) is 26.3 Å². The Bertz CT molecular complexity index is 696. The van der Waals surface area contributed by atoms with E-state index in [9.17, 15) is 26.3 Å². The third-order valence-electron chi connectivity index (χ3n) is 2.78. The van der Waals surface area contributed by atoms with Gasteiger partial charge in [0.25, 0.3) is 0 Å². The first-order valence-corrected chi connectivity index (χ1v) is 6.17. The van der Waals surface area contributed by atoms with Crippen LogP contribution in [0.2, 0.25) is 0 Å². The third-order valence-corrected chi connectivity index (χ3v) is 2.78. The van der Waals surface area contributed by atoms with E-state index in [1.165, 1.54) is 18.2 Å². The van der Waals surface area contributed by atoms with Gasteiger partial charge in [0.1, 0.15) is 5.69 Å². The highest BCUT2D eigenvalue weighted by molar-refractivity contribution is 5.67. The fourth-order valence-corrected chi connectivity index (χ4v) is 1.82. The Labute approximate surface area is 126 Å². The molecule has 124 valence electrons. The fourth-order valence-electron chi connectivity index (χ4n) is 1.82. The molecule has 0 unspecified atom stereocenters. The highest BCUT2D eigenvalue weighted by atomic mass is 19.4. The second kappa shape index (κ2) is 5.94. The molecule has 10 heteroatoms. The molecule has 0 fully saturated rings. The first kappa shape index (κ1) is 16.8. The number of benzene rings is 1. The van der Waals surface area contributed by atoms with Crippen LogP contribution in [0.15, 0.2) is 30.5 Å². The maximum atomic E-state index is 12.6. The van der Waals surface area contributed by atoms with Gasteiger partial charge in [0, 0.05) is 23.1 Å². The van der Waals surface area contributed by atoms with Crippen LogP contribution in [0, 0.1) is 0 Å². The standard InChI is InChI=1S/C13H10F6N4/c14-12(15,16)6-7-8(20)2-1-3-9(7)22-11-21-5-4-10(23-11)13(17,18)19/h1-5H,6,20H2,(H,21,22,23). The van der Waals surface area contributed by atoms with E-state index in [1.807, 2.05) is 0 Å². The van der Waals surface area contributed by atoms with Gasteiger partial charge in [0.05, 0.1) is 6.42 Å². The summed E-state index contributed by atoms with van der Waals surface area (Å²) in [5.41, 5.74) is 3.77. The number of nitrogen functional groups attached to an aromatic ring is 1. The summed E-state index contributed by atoms with van der Waals surface area (Å²) in [7, 11) is 0. The molecule has 0 amide bonds. The number of hydrogen-bond donors (Lipinski definition) is 2. The van der Waals surface area contributed by atoms with Crippen molar-refractivity contribution in [2.45, 2.75) is 18.8 Å². The highest BCUT2D eigenvalue weighted by Crippen LogP contribution is 2.32. The third kappa shape index (κ3) is 4.47. The smallest absolute Gasteiger partial charge is 0.398 e. The molecule has 0 bridgehead atoms. The molecule has 0 radical (unpaired) electrons. The maximum Gasteiger partial charge on any atom is 0.433 e. The summed E-state index contributed by atoms with van der Waals surface area (Å²) in [6.45, 7) is 0. The van der Waals surface area contributed by atoms with Crippen molar-refractivity contribution < 1.29 is 26.3 Å². The molecule has 0 aliphatic rings. The molecule has 0 saturated heterocycles. The van der Waals surface area contributed by atoms with E-state index < -0.39 is 30.4 Å². The number of alkyl halides is 6. The number of nitrogens with one attached hydrogen (secondary N) is 1. The van der Waals surface area contributed by atoms with Gasteiger partial charge < -0.3 is 11.1 Å². The Morgan fingerprint density at radius 3 is 2.35 bits per heavy atom. The van der Waals surface area contributed by atoms with Crippen LogP contribution in [0.25, 0.3) is 0 Å². The average molecular weight is 336 g/mol. The van der Waals surface area contributed by atoms with Crippen LogP contribution in [0.3, 0.4) is 0 Å². The number of rotatable bonds is 3. The van der Waals surface area contributed by atoms with Crippen LogP contribution in [0.4, 0.5) is 43.7 Å². The number of aromatic nitrogens is 2. The lowest BCUT2D eigenvalue weighted by molar-refractivity contribution is -0.141. The lowest BCUT2D eigenvalue weighted by Crippen LogP contribution is -2.15. The minimum absolute atomic E-state index is 0.110. The molecule has 1 aromatic carbocycles. The first-order valence-electron chi connectivity index (χ1n) is 6.17. The Morgan fingerprint density at radius 2 is 1.74 bits per heavy atom. The minimum atomic E-state index is -4.69. The summed E-state index contributed by atoms with van der Waals surface area (Å²) in [6.07, 6.45) is -9.70. The van der Waals surface area contributed by atoms with Crippen LogP contribution < -0.4 is 11.1 Å². The van der Waals surface area contributed by atoms with Crippen molar-refractivity contribution in [1.29, 1.82) is 0 Å². The highest BCUT2D eigenvalue weighted by Gasteiger charge is 2.33. The monoisotopic (exact) mass is 336 g/mol. The molecule has 0 aliphatic heterocycles. The van der Waals surface area contributed by atoms with Gasteiger partial charge in [0.2, 0.25) is 5.95 Å². The number of nitrogens with zero attached hydrogens (tertiary/aromatic N) is 2. The Kier molecular flexibility index (Phi) is 4.35. The van der Waals surface area contributed by atoms with Crippen LogP contribution in [0.5, 0.6) is 0 Å². The maximum absolute atomic E-state index is 12.6. The van der Waals surface area contributed by atoms with E-state index in [-0.39, 0.29) is 16.9 Å². The van der Waals surface area contributed by atoms with E-state index in [1.54, 1.807) is 0 Å². The Balaban J connectivity index is 2.36. The quantitative estimate of drug-likeness (QED) is 0.659. The van der Waals surface area contributed by atoms with Crippen molar-refractivity contribution in [2.75, 3.05) is 11.1 Å². The molecule has 4 nitrogen and oxygen atoms in total. The molecule has 0 atom stereocenters. The van der Waals surface area contributed by atoms with Crippen molar-refractivity contribution in [1.82, 2.24) is 9.97 Å². The summed E-state index contributed by atoms with van der Waals surface area (Å²) < 4.78 is 75.5. The topological polar surface area (TPSA) is 63.8 Å². The molecule has 0 aliphatic carbocycles. The largest absolute Gasteiger partial charge is 0.433 e. The summed E-state index contributed by atoms with van der Waals surface area (Å²) in [6, 6.07) is 4.53. The van der Waals surface area contributed by atoms with Crippen molar-refractivity contribution in [3.05, 3.63) is 41.7 Å². The van der Waals surface area contributed by atoms with E-state index in [2.05, 4.69) is 15.3 Å². The van der Waals surface area contributed by atoms with Crippen molar-refractivity contribution in [3.8, 4) is 0 Å². The summed E-state index contributed by atoms with van der Waals surface area (Å²) in [5, 5.41) is 2.35. The van der Waals surface area contributed by atoms with Gasteiger partial charge in [-0.05, 0) is 18.2 Å². The number of anilines is 3. The van der Waals surface area contributed by atoms with E-state index in [0.717, 1.165) is 6.20 Å². The molecule has 1 heterocycles. The van der Waals surface area contributed by atoms with Gasteiger partial charge >= 0.3 is 12.4 Å². The number of nitrogens with two attached hydrogens (primary N) is 1. The van der Waals surface area contributed by atoms with E-state index in [0.29, 0.717) is 6.07 Å². The zero-order valence-corrected chi connectivity index (χ0v) is 11.3. The Hall–Kier alpha value is -2.52. The predicted molar refractivity (Wildman–Crippen MR) is 70.9 cm³/mol. The van der Waals surface area contributed by atoms with Crippen LogP contribution in [-0.2, 0) is 12.6 Å². The molecule has 0 spiro atoms. The molecule has 1 aromatic heterocycles. The fraction of sp³-hybridized carbons (Fsp3) is 0.231. The zero-order chi connectivity index (χ0) is 17.3. The number of hydrogen-bond acceptors (Lipinski definition) is 4. The summed E-state index contributed by atoms with van der Waals surface area (Å²) >= 11 is 0. The van der Waals surface area contributed by atoms with E-state index in [4.69, 9.17) is 5.73 Å². The second-order valence-corrected chi connectivity index (χ2v) is 4.55. The van der Waals surface area contributed by atoms with Gasteiger partial charge in [-0.1, -0.05) is 6.07 Å². The molecule has 2 rings (SSSR count). The second-order valence-electron chi connectivity index (χ2n) is 4.55. The normalized spacial score (nSPS) is 12.3.